The van der Waals surface area contributed by atoms with Crippen LogP contribution in [0.5, 0.6) is 0 Å². The van der Waals surface area contributed by atoms with Gasteiger partial charge in [0, 0.05) is 6.04 Å². The van der Waals surface area contributed by atoms with Gasteiger partial charge in [0.1, 0.15) is 0 Å². The van der Waals surface area contributed by atoms with Crippen molar-refractivity contribution in [1.82, 2.24) is 5.32 Å². The lowest BCUT2D eigenvalue weighted by molar-refractivity contribution is -0.138. The molecule has 16 heavy (non-hydrogen) atoms. The van der Waals surface area contributed by atoms with Crippen LogP contribution in [0.25, 0.3) is 0 Å². The summed E-state index contributed by atoms with van der Waals surface area (Å²) in [5, 5.41) is 12.3. The molecule has 86 valence electrons. The summed E-state index contributed by atoms with van der Waals surface area (Å²) in [4.78, 5) is 10.8. The minimum absolute atomic E-state index is 0.206. The van der Waals surface area contributed by atoms with Crippen LogP contribution >= 0.6 is 0 Å². The average Bonchev–Trinajstić information content (AvgIpc) is 2.66. The van der Waals surface area contributed by atoms with Crippen molar-refractivity contribution in [1.29, 1.82) is 0 Å². The van der Waals surface area contributed by atoms with E-state index in [0.29, 0.717) is 0 Å². The predicted octanol–water partition coefficient (Wildman–Crippen LogP) is 2.12. The van der Waals surface area contributed by atoms with Crippen LogP contribution < -0.4 is 5.32 Å². The molecular formula is C13H17NO2. The van der Waals surface area contributed by atoms with Gasteiger partial charge in [-0.05, 0) is 36.9 Å². The summed E-state index contributed by atoms with van der Waals surface area (Å²) in [7, 11) is 0. The third-order valence-electron chi connectivity index (χ3n) is 3.31. The first-order valence-electron chi connectivity index (χ1n) is 5.69. The largest absolute Gasteiger partial charge is 0.481 e. The molecule has 0 aromatic heterocycles. The number of hydrogen-bond acceptors (Lipinski definition) is 2. The molecule has 1 aromatic carbocycles. The van der Waals surface area contributed by atoms with Crippen molar-refractivity contribution in [3.8, 4) is 0 Å². The minimum atomic E-state index is -0.702. The molecule has 0 radical (unpaired) electrons. The molecule has 2 atom stereocenters. The summed E-state index contributed by atoms with van der Waals surface area (Å²) in [6, 6.07) is 8.40. The number of carboxylic acid groups (broad SMARTS) is 1. The highest BCUT2D eigenvalue weighted by Gasteiger charge is 2.30. The SMILES string of the molecule is Cc1ccccc1[C@H]1NCC[C@@H]1CC(=O)O. The zero-order chi connectivity index (χ0) is 11.5. The van der Waals surface area contributed by atoms with Gasteiger partial charge in [0.05, 0.1) is 6.42 Å². The summed E-state index contributed by atoms with van der Waals surface area (Å²) in [6.07, 6.45) is 1.21. The molecule has 1 fully saturated rings. The van der Waals surface area contributed by atoms with Gasteiger partial charge in [0.25, 0.3) is 0 Å². The van der Waals surface area contributed by atoms with E-state index in [-0.39, 0.29) is 18.4 Å². The Morgan fingerprint density at radius 3 is 2.94 bits per heavy atom. The molecular weight excluding hydrogens is 202 g/mol. The molecule has 1 aromatic rings. The fourth-order valence-corrected chi connectivity index (χ4v) is 2.50. The Balaban J connectivity index is 2.20. The van der Waals surface area contributed by atoms with E-state index in [1.165, 1.54) is 11.1 Å². The summed E-state index contributed by atoms with van der Waals surface area (Å²) in [5.41, 5.74) is 2.48. The van der Waals surface area contributed by atoms with E-state index in [1.807, 2.05) is 12.1 Å². The van der Waals surface area contributed by atoms with Crippen LogP contribution in [-0.4, -0.2) is 17.6 Å². The number of nitrogens with one attached hydrogen (secondary N) is 1. The van der Waals surface area contributed by atoms with Crippen molar-refractivity contribution in [3.05, 3.63) is 35.4 Å². The van der Waals surface area contributed by atoms with E-state index in [1.54, 1.807) is 0 Å². The molecule has 2 N–H and O–H groups in total. The molecule has 2 rings (SSSR count). The van der Waals surface area contributed by atoms with Crippen molar-refractivity contribution in [2.75, 3.05) is 6.54 Å². The van der Waals surface area contributed by atoms with Crippen molar-refractivity contribution in [3.63, 3.8) is 0 Å². The smallest absolute Gasteiger partial charge is 0.303 e. The molecule has 0 amide bonds. The van der Waals surface area contributed by atoms with Crippen LogP contribution in [0.15, 0.2) is 24.3 Å². The quantitative estimate of drug-likeness (QED) is 0.818. The van der Waals surface area contributed by atoms with Crippen LogP contribution in [0.4, 0.5) is 0 Å². The highest BCUT2D eigenvalue weighted by molar-refractivity contribution is 5.67. The van der Waals surface area contributed by atoms with Gasteiger partial charge in [0.2, 0.25) is 0 Å². The molecule has 1 saturated heterocycles. The maximum atomic E-state index is 10.8. The number of carbonyl (C=O) groups is 1. The number of rotatable bonds is 3. The van der Waals surface area contributed by atoms with Crippen LogP contribution in [0, 0.1) is 12.8 Å². The second-order valence-corrected chi connectivity index (χ2v) is 4.44. The second kappa shape index (κ2) is 4.66. The van der Waals surface area contributed by atoms with Crippen molar-refractivity contribution in [2.45, 2.75) is 25.8 Å². The fourth-order valence-electron chi connectivity index (χ4n) is 2.50. The molecule has 0 saturated carbocycles. The number of hydrogen-bond donors (Lipinski definition) is 2. The Morgan fingerprint density at radius 2 is 2.25 bits per heavy atom. The average molecular weight is 219 g/mol. The van der Waals surface area contributed by atoms with Crippen LogP contribution in [0.1, 0.15) is 30.0 Å². The highest BCUT2D eigenvalue weighted by atomic mass is 16.4. The van der Waals surface area contributed by atoms with Crippen molar-refractivity contribution >= 4 is 5.97 Å². The van der Waals surface area contributed by atoms with Gasteiger partial charge in [-0.2, -0.15) is 0 Å². The Morgan fingerprint density at radius 1 is 1.50 bits per heavy atom. The molecule has 1 heterocycles. The third kappa shape index (κ3) is 2.25. The number of benzene rings is 1. The first-order valence-corrected chi connectivity index (χ1v) is 5.69. The molecule has 1 aliphatic heterocycles. The monoisotopic (exact) mass is 219 g/mol. The molecule has 3 nitrogen and oxygen atoms in total. The Kier molecular flexibility index (Phi) is 3.25. The summed E-state index contributed by atoms with van der Waals surface area (Å²) in [6.45, 7) is 2.99. The first-order chi connectivity index (χ1) is 7.68. The van der Waals surface area contributed by atoms with Gasteiger partial charge in [-0.3, -0.25) is 4.79 Å². The normalized spacial score (nSPS) is 24.6. The van der Waals surface area contributed by atoms with Gasteiger partial charge in [-0.15, -0.1) is 0 Å². The van der Waals surface area contributed by atoms with Gasteiger partial charge >= 0.3 is 5.97 Å². The maximum Gasteiger partial charge on any atom is 0.303 e. The van der Waals surface area contributed by atoms with Crippen molar-refractivity contribution < 1.29 is 9.90 Å². The first kappa shape index (κ1) is 11.1. The summed E-state index contributed by atoms with van der Waals surface area (Å²) in [5.74, 6) is -0.481. The standard InChI is InChI=1S/C13H17NO2/c1-9-4-2-3-5-11(9)13-10(6-7-14-13)8-12(15)16/h2-5,10,13-14H,6-8H2,1H3,(H,15,16)/t10-,13+/m1/s1. The minimum Gasteiger partial charge on any atom is -0.481 e. The zero-order valence-corrected chi connectivity index (χ0v) is 9.44. The zero-order valence-electron chi connectivity index (χ0n) is 9.44. The van der Waals surface area contributed by atoms with Crippen LogP contribution in [0.2, 0.25) is 0 Å². The number of aliphatic carboxylic acids is 1. The predicted molar refractivity (Wildman–Crippen MR) is 62.3 cm³/mol. The van der Waals surface area contributed by atoms with E-state index >= 15 is 0 Å². The van der Waals surface area contributed by atoms with Crippen LogP contribution in [0.3, 0.4) is 0 Å². The lowest BCUT2D eigenvalue weighted by Crippen LogP contribution is -2.20. The molecule has 3 heteroatoms. The van der Waals surface area contributed by atoms with E-state index in [4.69, 9.17) is 5.11 Å². The number of aryl methyl sites for hydroxylation is 1. The number of carboxylic acids is 1. The molecule has 0 aliphatic carbocycles. The van der Waals surface area contributed by atoms with E-state index in [0.717, 1.165) is 13.0 Å². The third-order valence-corrected chi connectivity index (χ3v) is 3.31. The van der Waals surface area contributed by atoms with Crippen LogP contribution in [-0.2, 0) is 4.79 Å². The molecule has 1 aliphatic rings. The highest BCUT2D eigenvalue weighted by Crippen LogP contribution is 2.33. The Hall–Kier alpha value is -1.35. The molecule has 0 spiro atoms. The van der Waals surface area contributed by atoms with Gasteiger partial charge in [-0.25, -0.2) is 0 Å². The summed E-state index contributed by atoms with van der Waals surface area (Å²) >= 11 is 0. The fraction of sp³-hybridized carbons (Fsp3) is 0.462. The van der Waals surface area contributed by atoms with E-state index in [2.05, 4.69) is 24.4 Å². The Labute approximate surface area is 95.5 Å². The van der Waals surface area contributed by atoms with Gasteiger partial charge in [-0.1, -0.05) is 24.3 Å². The molecule has 0 bridgehead atoms. The van der Waals surface area contributed by atoms with Gasteiger partial charge in [0.15, 0.2) is 0 Å². The lowest BCUT2D eigenvalue weighted by atomic mass is 9.89. The van der Waals surface area contributed by atoms with Gasteiger partial charge < -0.3 is 10.4 Å². The lowest BCUT2D eigenvalue weighted by Gasteiger charge is -2.20. The summed E-state index contributed by atoms with van der Waals surface area (Å²) < 4.78 is 0. The second-order valence-electron chi connectivity index (χ2n) is 4.44. The Bertz CT molecular complexity index is 389. The van der Waals surface area contributed by atoms with E-state index in [9.17, 15) is 4.79 Å². The topological polar surface area (TPSA) is 49.3 Å². The maximum absolute atomic E-state index is 10.8. The molecule has 0 unspecified atom stereocenters. The van der Waals surface area contributed by atoms with Crippen molar-refractivity contribution in [2.24, 2.45) is 5.92 Å². The van der Waals surface area contributed by atoms with E-state index < -0.39 is 5.97 Å².